The van der Waals surface area contributed by atoms with Gasteiger partial charge in [0.25, 0.3) is 0 Å². The molecule has 3 rings (SSSR count). The van der Waals surface area contributed by atoms with Crippen molar-refractivity contribution >= 4 is 11.3 Å². The van der Waals surface area contributed by atoms with Crippen molar-refractivity contribution in [1.29, 1.82) is 0 Å². The lowest BCUT2D eigenvalue weighted by atomic mass is 10.1. The molecule has 0 aliphatic rings. The summed E-state index contributed by atoms with van der Waals surface area (Å²) in [6, 6.07) is 14.9. The molecule has 0 bridgehead atoms. The van der Waals surface area contributed by atoms with Crippen molar-refractivity contribution in [3.05, 3.63) is 70.2 Å². The van der Waals surface area contributed by atoms with Gasteiger partial charge in [0.2, 0.25) is 0 Å². The van der Waals surface area contributed by atoms with Gasteiger partial charge in [-0.1, -0.05) is 41.6 Å². The van der Waals surface area contributed by atoms with Crippen LogP contribution in [0.3, 0.4) is 0 Å². The van der Waals surface area contributed by atoms with Gasteiger partial charge in [0.15, 0.2) is 0 Å². The van der Waals surface area contributed by atoms with Gasteiger partial charge in [0.1, 0.15) is 0 Å². The first-order chi connectivity index (χ1) is 9.83. The number of nitrogens with one attached hydrogen (secondary N) is 1. The van der Waals surface area contributed by atoms with E-state index in [1.165, 1.54) is 10.4 Å². The van der Waals surface area contributed by atoms with Crippen LogP contribution in [0.2, 0.25) is 0 Å². The molecule has 0 saturated heterocycles. The highest BCUT2D eigenvalue weighted by Gasteiger charge is 2.14. The molecule has 1 unspecified atom stereocenters. The quantitative estimate of drug-likeness (QED) is 0.783. The van der Waals surface area contributed by atoms with Crippen molar-refractivity contribution in [3.63, 3.8) is 0 Å². The minimum atomic E-state index is 0.193. The van der Waals surface area contributed by atoms with Crippen LogP contribution in [0.1, 0.15) is 22.2 Å². The first kappa shape index (κ1) is 13.0. The van der Waals surface area contributed by atoms with Crippen molar-refractivity contribution in [1.82, 2.24) is 20.3 Å². The summed E-state index contributed by atoms with van der Waals surface area (Å²) in [6.07, 6.45) is 1.93. The average Bonchev–Trinajstić information content (AvgIpc) is 3.12. The number of hydrogen-bond acceptors (Lipinski definition) is 4. The van der Waals surface area contributed by atoms with Gasteiger partial charge in [-0.05, 0) is 17.0 Å². The number of nitrogens with zero attached hydrogens (tertiary/aromatic N) is 3. The average molecular weight is 284 g/mol. The number of hydrogen-bond donors (Lipinski definition) is 1. The van der Waals surface area contributed by atoms with Crippen molar-refractivity contribution in [2.45, 2.75) is 12.6 Å². The molecule has 102 valence electrons. The zero-order chi connectivity index (χ0) is 13.8. The maximum atomic E-state index is 4.12. The van der Waals surface area contributed by atoms with E-state index in [0.717, 1.165) is 5.69 Å². The molecule has 4 nitrogen and oxygen atoms in total. The molecule has 1 atom stereocenters. The summed E-state index contributed by atoms with van der Waals surface area (Å²) < 4.78 is 1.72. The lowest BCUT2D eigenvalue weighted by molar-refractivity contribution is 0.603. The minimum absolute atomic E-state index is 0.193. The normalized spacial score (nSPS) is 12.4. The van der Waals surface area contributed by atoms with Gasteiger partial charge in [0, 0.05) is 24.7 Å². The van der Waals surface area contributed by atoms with Gasteiger partial charge < -0.3 is 0 Å². The van der Waals surface area contributed by atoms with Gasteiger partial charge in [0.05, 0.1) is 11.7 Å². The van der Waals surface area contributed by atoms with Crippen LogP contribution in [0, 0.1) is 0 Å². The Kier molecular flexibility index (Phi) is 3.90. The van der Waals surface area contributed by atoms with Crippen LogP contribution >= 0.6 is 11.3 Å². The Balaban J connectivity index is 1.80. The second-order valence-electron chi connectivity index (χ2n) is 4.62. The third-order valence-corrected chi connectivity index (χ3v) is 4.04. The van der Waals surface area contributed by atoms with Crippen molar-refractivity contribution in [2.75, 3.05) is 0 Å². The Morgan fingerprint density at radius 3 is 2.70 bits per heavy atom. The second-order valence-corrected chi connectivity index (χ2v) is 5.60. The highest BCUT2D eigenvalue weighted by Crippen LogP contribution is 2.26. The molecule has 2 aromatic heterocycles. The molecule has 20 heavy (non-hydrogen) atoms. The molecule has 0 radical (unpaired) electrons. The Morgan fingerprint density at radius 2 is 2.05 bits per heavy atom. The van der Waals surface area contributed by atoms with Crippen LogP contribution in [-0.4, -0.2) is 15.0 Å². The molecule has 0 aliphatic heterocycles. The van der Waals surface area contributed by atoms with Crippen molar-refractivity contribution < 1.29 is 0 Å². The highest BCUT2D eigenvalue weighted by atomic mass is 32.1. The monoisotopic (exact) mass is 284 g/mol. The summed E-state index contributed by atoms with van der Waals surface area (Å²) in [7, 11) is 1.88. The van der Waals surface area contributed by atoms with Crippen molar-refractivity contribution in [3.8, 4) is 0 Å². The molecule has 0 spiro atoms. The zero-order valence-corrected chi connectivity index (χ0v) is 12.0. The third kappa shape index (κ3) is 2.95. The van der Waals surface area contributed by atoms with E-state index in [1.54, 1.807) is 16.0 Å². The Hall–Kier alpha value is -1.98. The zero-order valence-electron chi connectivity index (χ0n) is 11.2. The maximum Gasteiger partial charge on any atom is 0.0965 e. The molecular formula is C15H16N4S. The lowest BCUT2D eigenvalue weighted by Gasteiger charge is -2.17. The number of rotatable bonds is 5. The Bertz CT molecular complexity index is 646. The second kappa shape index (κ2) is 5.98. The summed E-state index contributed by atoms with van der Waals surface area (Å²) in [4.78, 5) is 1.31. The molecule has 2 heterocycles. The number of aryl methyl sites for hydroxylation is 1. The van der Waals surface area contributed by atoms with Crippen LogP contribution in [0.25, 0.3) is 0 Å². The van der Waals surface area contributed by atoms with Crippen LogP contribution in [0.5, 0.6) is 0 Å². The third-order valence-electron chi connectivity index (χ3n) is 3.10. The molecule has 5 heteroatoms. The van der Waals surface area contributed by atoms with Gasteiger partial charge in [-0.3, -0.25) is 10.00 Å². The molecule has 0 amide bonds. The van der Waals surface area contributed by atoms with E-state index in [0.29, 0.717) is 6.54 Å². The lowest BCUT2D eigenvalue weighted by Crippen LogP contribution is -2.21. The first-order valence-corrected chi connectivity index (χ1v) is 7.38. The SMILES string of the molecule is Cn1cc(CNC(c2ccccc2)c2cccs2)nn1. The van der Waals surface area contributed by atoms with Gasteiger partial charge in [-0.2, -0.15) is 0 Å². The summed E-state index contributed by atoms with van der Waals surface area (Å²) >= 11 is 1.76. The van der Waals surface area contributed by atoms with Gasteiger partial charge in [-0.25, -0.2) is 0 Å². The maximum absolute atomic E-state index is 4.12. The molecular weight excluding hydrogens is 268 g/mol. The molecule has 0 aliphatic carbocycles. The summed E-state index contributed by atoms with van der Waals surface area (Å²) in [5.74, 6) is 0. The van der Waals surface area contributed by atoms with E-state index in [2.05, 4.69) is 57.4 Å². The van der Waals surface area contributed by atoms with E-state index in [4.69, 9.17) is 0 Å². The minimum Gasteiger partial charge on any atom is -0.300 e. The Labute approximate surface area is 122 Å². The summed E-state index contributed by atoms with van der Waals surface area (Å²) in [6.45, 7) is 0.700. The fourth-order valence-electron chi connectivity index (χ4n) is 2.17. The predicted octanol–water partition coefficient (Wildman–Crippen LogP) is 2.76. The van der Waals surface area contributed by atoms with Crippen LogP contribution in [0.15, 0.2) is 54.0 Å². The van der Waals surface area contributed by atoms with E-state index >= 15 is 0 Å². The molecule has 1 aromatic carbocycles. The van der Waals surface area contributed by atoms with E-state index in [1.807, 2.05) is 19.3 Å². The smallest absolute Gasteiger partial charge is 0.0965 e. The van der Waals surface area contributed by atoms with Crippen LogP contribution in [-0.2, 0) is 13.6 Å². The molecule has 0 saturated carbocycles. The van der Waals surface area contributed by atoms with Gasteiger partial charge >= 0.3 is 0 Å². The molecule has 3 aromatic rings. The van der Waals surface area contributed by atoms with Crippen molar-refractivity contribution in [2.24, 2.45) is 7.05 Å². The van der Waals surface area contributed by atoms with Gasteiger partial charge in [-0.15, -0.1) is 16.4 Å². The predicted molar refractivity (Wildman–Crippen MR) is 80.4 cm³/mol. The topological polar surface area (TPSA) is 42.7 Å². The largest absolute Gasteiger partial charge is 0.300 e. The summed E-state index contributed by atoms with van der Waals surface area (Å²) in [5.41, 5.74) is 2.21. The molecule has 1 N–H and O–H groups in total. The number of benzene rings is 1. The van der Waals surface area contributed by atoms with E-state index in [9.17, 15) is 0 Å². The fourth-order valence-corrected chi connectivity index (χ4v) is 2.99. The standard InChI is InChI=1S/C15H16N4S/c1-19-11-13(17-18-19)10-16-15(14-8-5-9-20-14)12-6-3-2-4-7-12/h2-9,11,15-16H,10H2,1H3. The summed E-state index contributed by atoms with van der Waals surface area (Å²) in [5, 5.41) is 13.7. The van der Waals surface area contributed by atoms with Crippen LogP contribution < -0.4 is 5.32 Å². The fraction of sp³-hybridized carbons (Fsp3) is 0.200. The number of thiophene rings is 1. The first-order valence-electron chi connectivity index (χ1n) is 6.50. The van der Waals surface area contributed by atoms with E-state index in [-0.39, 0.29) is 6.04 Å². The highest BCUT2D eigenvalue weighted by molar-refractivity contribution is 7.10. The Morgan fingerprint density at radius 1 is 1.20 bits per heavy atom. The molecule has 0 fully saturated rings. The van der Waals surface area contributed by atoms with E-state index < -0.39 is 0 Å². The number of aromatic nitrogens is 3. The van der Waals surface area contributed by atoms with Crippen LogP contribution in [0.4, 0.5) is 0 Å².